The van der Waals surface area contributed by atoms with Crippen LogP contribution in [0.3, 0.4) is 0 Å². The molecule has 4 heteroatoms. The largest absolute Gasteiger partial charge is 0.496 e. The van der Waals surface area contributed by atoms with Crippen molar-refractivity contribution in [1.29, 1.82) is 0 Å². The van der Waals surface area contributed by atoms with E-state index in [4.69, 9.17) is 9.47 Å². The van der Waals surface area contributed by atoms with Crippen LogP contribution < -0.4 is 14.8 Å². The summed E-state index contributed by atoms with van der Waals surface area (Å²) in [4.78, 5) is 12.0. The lowest BCUT2D eigenvalue weighted by Crippen LogP contribution is -2.23. The molecule has 0 unspecified atom stereocenters. The molecular formula is C13H19NO3. The van der Waals surface area contributed by atoms with Crippen LogP contribution in [0.5, 0.6) is 11.5 Å². The van der Waals surface area contributed by atoms with Gasteiger partial charge in [0.2, 0.25) is 0 Å². The molecule has 0 aromatic heterocycles. The Morgan fingerprint density at radius 3 is 2.53 bits per heavy atom. The maximum absolute atomic E-state index is 12.0. The van der Waals surface area contributed by atoms with Crippen LogP contribution in [0.4, 0.5) is 0 Å². The monoisotopic (exact) mass is 237 g/mol. The number of nitrogens with one attached hydrogen (secondary N) is 1. The number of carbonyl (C=O) groups excluding carboxylic acids is 1. The van der Waals surface area contributed by atoms with Crippen LogP contribution in [0, 0.1) is 6.92 Å². The highest BCUT2D eigenvalue weighted by molar-refractivity contribution is 6.00. The molecule has 0 fully saturated rings. The zero-order chi connectivity index (χ0) is 12.8. The molecule has 0 aliphatic carbocycles. The van der Waals surface area contributed by atoms with Crippen LogP contribution in [0.25, 0.3) is 0 Å². The van der Waals surface area contributed by atoms with Gasteiger partial charge in [-0.05, 0) is 25.6 Å². The maximum atomic E-state index is 12.0. The van der Waals surface area contributed by atoms with Crippen molar-refractivity contribution in [2.45, 2.75) is 13.8 Å². The molecule has 1 rings (SSSR count). The Hall–Kier alpha value is -1.55. The summed E-state index contributed by atoms with van der Waals surface area (Å²) in [6, 6.07) is 3.53. The molecule has 0 aliphatic rings. The summed E-state index contributed by atoms with van der Waals surface area (Å²) >= 11 is 0. The van der Waals surface area contributed by atoms with Gasteiger partial charge >= 0.3 is 0 Å². The minimum Gasteiger partial charge on any atom is -0.496 e. The molecule has 1 aromatic rings. The van der Waals surface area contributed by atoms with Crippen molar-refractivity contribution in [1.82, 2.24) is 5.32 Å². The van der Waals surface area contributed by atoms with Gasteiger partial charge in [-0.2, -0.15) is 0 Å². The Balaban J connectivity index is 3.07. The van der Waals surface area contributed by atoms with Gasteiger partial charge < -0.3 is 14.8 Å². The molecule has 0 bridgehead atoms. The maximum Gasteiger partial charge on any atom is 0.180 e. The number of Topliss-reactive ketones (excluding diaryl/α,β-unsaturated/α-hetero) is 1. The van der Waals surface area contributed by atoms with Gasteiger partial charge in [-0.3, -0.25) is 4.79 Å². The fourth-order valence-corrected chi connectivity index (χ4v) is 1.71. The second-order valence-electron chi connectivity index (χ2n) is 3.68. The normalized spacial score (nSPS) is 10.1. The Bertz CT molecular complexity index is 402. The quantitative estimate of drug-likeness (QED) is 0.766. The first-order valence-corrected chi connectivity index (χ1v) is 5.61. The third kappa shape index (κ3) is 2.97. The summed E-state index contributed by atoms with van der Waals surface area (Å²) in [5.74, 6) is 1.34. The smallest absolute Gasteiger partial charge is 0.180 e. The van der Waals surface area contributed by atoms with E-state index < -0.39 is 0 Å². The van der Waals surface area contributed by atoms with Crippen LogP contribution in [0.15, 0.2) is 12.1 Å². The molecule has 1 aromatic carbocycles. The summed E-state index contributed by atoms with van der Waals surface area (Å²) in [6.45, 7) is 4.92. The molecular weight excluding hydrogens is 218 g/mol. The highest BCUT2D eigenvalue weighted by Gasteiger charge is 2.16. The number of hydrogen-bond donors (Lipinski definition) is 1. The number of ether oxygens (including phenoxy) is 2. The molecule has 0 heterocycles. The SMILES string of the molecule is CCNCC(=O)c1ccc(OC)c(C)c1OC. The number of methoxy groups -OCH3 is 2. The number of benzene rings is 1. The van der Waals surface area contributed by atoms with E-state index in [0.29, 0.717) is 17.9 Å². The first-order chi connectivity index (χ1) is 8.15. The van der Waals surface area contributed by atoms with Gasteiger partial charge in [-0.1, -0.05) is 6.92 Å². The van der Waals surface area contributed by atoms with Gasteiger partial charge in [-0.15, -0.1) is 0 Å². The Kier molecular flexibility index (Phi) is 4.97. The molecule has 17 heavy (non-hydrogen) atoms. The molecule has 1 N–H and O–H groups in total. The standard InChI is InChI=1S/C13H19NO3/c1-5-14-8-11(15)10-6-7-12(16-3)9(2)13(10)17-4/h6-7,14H,5,8H2,1-4H3. The van der Waals surface area contributed by atoms with Crippen LogP contribution in [-0.4, -0.2) is 33.1 Å². The lowest BCUT2D eigenvalue weighted by Gasteiger charge is -2.13. The van der Waals surface area contributed by atoms with Crippen molar-refractivity contribution < 1.29 is 14.3 Å². The van der Waals surface area contributed by atoms with Gasteiger partial charge in [0.1, 0.15) is 11.5 Å². The summed E-state index contributed by atoms with van der Waals surface area (Å²) < 4.78 is 10.5. The van der Waals surface area contributed by atoms with Gasteiger partial charge in [0.15, 0.2) is 5.78 Å². The van der Waals surface area contributed by atoms with Crippen molar-refractivity contribution in [3.8, 4) is 11.5 Å². The topological polar surface area (TPSA) is 47.6 Å². The Morgan fingerprint density at radius 2 is 2.00 bits per heavy atom. The molecule has 94 valence electrons. The van der Waals surface area contributed by atoms with Gasteiger partial charge in [0, 0.05) is 5.56 Å². The summed E-state index contributed by atoms with van der Waals surface area (Å²) in [5, 5.41) is 3.01. The average molecular weight is 237 g/mol. The number of ketones is 1. The molecule has 0 atom stereocenters. The molecule has 0 aliphatic heterocycles. The van der Waals surface area contributed by atoms with Crippen LogP contribution in [-0.2, 0) is 0 Å². The van der Waals surface area contributed by atoms with Crippen molar-refractivity contribution in [3.63, 3.8) is 0 Å². The molecule has 0 radical (unpaired) electrons. The predicted octanol–water partition coefficient (Wildman–Crippen LogP) is 1.80. The second-order valence-corrected chi connectivity index (χ2v) is 3.68. The Morgan fingerprint density at radius 1 is 1.29 bits per heavy atom. The molecule has 0 spiro atoms. The lowest BCUT2D eigenvalue weighted by molar-refractivity contribution is 0.0988. The Labute approximate surface area is 102 Å². The van der Waals surface area contributed by atoms with Crippen molar-refractivity contribution in [2.24, 2.45) is 0 Å². The zero-order valence-electron chi connectivity index (χ0n) is 10.8. The fraction of sp³-hybridized carbons (Fsp3) is 0.462. The number of rotatable bonds is 6. The number of hydrogen-bond acceptors (Lipinski definition) is 4. The zero-order valence-corrected chi connectivity index (χ0v) is 10.8. The average Bonchev–Trinajstić information content (AvgIpc) is 2.35. The fourth-order valence-electron chi connectivity index (χ4n) is 1.71. The lowest BCUT2D eigenvalue weighted by atomic mass is 10.0. The number of carbonyl (C=O) groups is 1. The minimum atomic E-state index is 0.0226. The van der Waals surface area contributed by atoms with Crippen LogP contribution >= 0.6 is 0 Å². The third-order valence-electron chi connectivity index (χ3n) is 2.62. The van der Waals surface area contributed by atoms with E-state index in [0.717, 1.165) is 17.9 Å². The first kappa shape index (κ1) is 13.5. The number of likely N-dealkylation sites (N-methyl/N-ethyl adjacent to an activating group) is 1. The predicted molar refractivity (Wildman–Crippen MR) is 67.2 cm³/mol. The second kappa shape index (κ2) is 6.25. The minimum absolute atomic E-state index is 0.0226. The van der Waals surface area contributed by atoms with Gasteiger partial charge in [0.05, 0.1) is 26.3 Å². The molecule has 4 nitrogen and oxygen atoms in total. The van der Waals surface area contributed by atoms with E-state index in [9.17, 15) is 4.79 Å². The molecule has 0 saturated heterocycles. The summed E-state index contributed by atoms with van der Waals surface area (Å²) in [7, 11) is 3.16. The van der Waals surface area contributed by atoms with Crippen molar-refractivity contribution >= 4 is 5.78 Å². The van der Waals surface area contributed by atoms with E-state index in [-0.39, 0.29) is 5.78 Å². The highest BCUT2D eigenvalue weighted by Crippen LogP contribution is 2.31. The summed E-state index contributed by atoms with van der Waals surface area (Å²) in [6.07, 6.45) is 0. The third-order valence-corrected chi connectivity index (χ3v) is 2.62. The van der Waals surface area contributed by atoms with E-state index >= 15 is 0 Å². The van der Waals surface area contributed by atoms with E-state index in [2.05, 4.69) is 5.32 Å². The molecule has 0 amide bonds. The van der Waals surface area contributed by atoms with E-state index in [1.165, 1.54) is 0 Å². The van der Waals surface area contributed by atoms with E-state index in [1.54, 1.807) is 26.4 Å². The molecule has 0 saturated carbocycles. The van der Waals surface area contributed by atoms with Crippen LogP contribution in [0.2, 0.25) is 0 Å². The van der Waals surface area contributed by atoms with Gasteiger partial charge in [-0.25, -0.2) is 0 Å². The van der Waals surface area contributed by atoms with Crippen LogP contribution in [0.1, 0.15) is 22.8 Å². The van der Waals surface area contributed by atoms with Gasteiger partial charge in [0.25, 0.3) is 0 Å². The van der Waals surface area contributed by atoms with Crippen molar-refractivity contribution in [3.05, 3.63) is 23.3 Å². The van der Waals surface area contributed by atoms with E-state index in [1.807, 2.05) is 13.8 Å². The highest BCUT2D eigenvalue weighted by atomic mass is 16.5. The first-order valence-electron chi connectivity index (χ1n) is 5.61. The summed E-state index contributed by atoms with van der Waals surface area (Å²) in [5.41, 5.74) is 1.43. The van der Waals surface area contributed by atoms with Crippen molar-refractivity contribution in [2.75, 3.05) is 27.3 Å².